The first-order chi connectivity index (χ1) is 33.4. The van der Waals surface area contributed by atoms with E-state index in [1.807, 2.05) is 133 Å². The lowest BCUT2D eigenvalue weighted by Gasteiger charge is -2.34. The maximum Gasteiger partial charge on any atom is 0.460 e. The van der Waals surface area contributed by atoms with Crippen molar-refractivity contribution >= 4 is 23.0 Å². The van der Waals surface area contributed by atoms with Crippen molar-refractivity contribution in [2.24, 2.45) is 13.5 Å². The van der Waals surface area contributed by atoms with Crippen LogP contribution in [-0.4, -0.2) is 46.9 Å². The van der Waals surface area contributed by atoms with E-state index in [0.717, 1.165) is 22.3 Å². The molecule has 13 nitrogen and oxygen atoms in total. The smallest absolute Gasteiger partial charge is 0.413 e. The van der Waals surface area contributed by atoms with Crippen LogP contribution in [0.5, 0.6) is 34.5 Å². The Morgan fingerprint density at radius 1 is 0.279 bits per heavy atom. The van der Waals surface area contributed by atoms with E-state index >= 15 is 0 Å². The van der Waals surface area contributed by atoms with E-state index in [4.69, 9.17) is 40.7 Å². The summed E-state index contributed by atoms with van der Waals surface area (Å²) in [4.78, 5) is 0. The molecule has 0 aliphatic carbocycles. The maximum absolute atomic E-state index is 9.77. The zero-order valence-electron chi connectivity index (χ0n) is 38.2. The molecule has 0 spiro atoms. The van der Waals surface area contributed by atoms with Gasteiger partial charge in [-0.05, 0) is 148 Å². The number of unbranched alkanes of at least 4 members (excludes halogenated alkanes) is 4. The van der Waals surface area contributed by atoms with Crippen molar-refractivity contribution in [3.63, 3.8) is 0 Å². The maximum atomic E-state index is 9.77. The number of hydrogen-bond donors (Lipinski definition) is 4. The van der Waals surface area contributed by atoms with Gasteiger partial charge in [-0.2, -0.15) is 0 Å². The van der Waals surface area contributed by atoms with Gasteiger partial charge in [0.2, 0.25) is 0 Å². The van der Waals surface area contributed by atoms with Gasteiger partial charge in [0.05, 0.1) is 0 Å². The minimum atomic E-state index is -4.25. The van der Waals surface area contributed by atoms with Gasteiger partial charge in [-0.3, -0.25) is 0 Å². The highest BCUT2D eigenvalue weighted by molar-refractivity contribution is 7.79. The number of benzene rings is 6. The van der Waals surface area contributed by atoms with Crippen LogP contribution in [0.2, 0.25) is 0 Å². The van der Waals surface area contributed by atoms with Gasteiger partial charge >= 0.3 is 23.0 Å². The van der Waals surface area contributed by atoms with Crippen molar-refractivity contribution in [1.82, 2.24) is 0 Å². The molecular weight excluding hydrogens is 920 g/mol. The van der Waals surface area contributed by atoms with Gasteiger partial charge < -0.3 is 47.6 Å². The normalized spacial score (nSPS) is 14.4. The van der Waals surface area contributed by atoms with Gasteiger partial charge in [-0.15, -0.1) is 0 Å². The van der Waals surface area contributed by atoms with Gasteiger partial charge in [0.25, 0.3) is 0 Å². The molecule has 1 aliphatic heterocycles. The molecule has 0 saturated heterocycles. The molecule has 0 atom stereocenters. The average Bonchev–Trinajstić information content (AvgIpc) is 3.34. The lowest BCUT2D eigenvalue weighted by Crippen LogP contribution is -2.13. The summed E-state index contributed by atoms with van der Waals surface area (Å²) < 4.78 is 60.0. The minimum Gasteiger partial charge on any atom is -0.413 e. The molecule has 0 aromatic heterocycles. The Kier molecular flexibility index (Phi) is 19.2. The molecule has 1 aliphatic rings. The van der Waals surface area contributed by atoms with E-state index in [-0.39, 0.29) is 26.4 Å². The highest BCUT2D eigenvalue weighted by Crippen LogP contribution is 2.79. The summed E-state index contributed by atoms with van der Waals surface area (Å²) in [5, 5.41) is 39.1. The van der Waals surface area contributed by atoms with E-state index in [0.29, 0.717) is 112 Å². The van der Waals surface area contributed by atoms with Crippen molar-refractivity contribution in [2.45, 2.75) is 77.0 Å². The van der Waals surface area contributed by atoms with Crippen LogP contribution in [-0.2, 0) is 25.7 Å². The first-order valence-electron chi connectivity index (χ1n) is 23.3. The van der Waals surface area contributed by atoms with E-state index in [2.05, 4.69) is 0 Å². The Labute approximate surface area is 400 Å². The summed E-state index contributed by atoms with van der Waals surface area (Å²) in [6.07, 6.45) is 7.45. The fourth-order valence-corrected chi connectivity index (χ4v) is 16.6. The monoisotopic (exact) mass is 981 g/mol. The van der Waals surface area contributed by atoms with Crippen LogP contribution in [0, 0.1) is 0 Å². The van der Waals surface area contributed by atoms with Gasteiger partial charge in [-0.1, -0.05) is 123 Å². The summed E-state index contributed by atoms with van der Waals surface area (Å²) in [7, 11) is -12.7. The van der Waals surface area contributed by atoms with E-state index in [1.165, 1.54) is 0 Å². The third kappa shape index (κ3) is 14.3. The van der Waals surface area contributed by atoms with Gasteiger partial charge in [0.15, 0.2) is 0 Å². The molecular formula is C52H62N3O10P3. The van der Waals surface area contributed by atoms with Crippen LogP contribution < -0.4 is 27.1 Å². The summed E-state index contributed by atoms with van der Waals surface area (Å²) in [6, 6.07) is 49.0. The summed E-state index contributed by atoms with van der Waals surface area (Å²) >= 11 is 0. The first-order valence-corrected chi connectivity index (χ1v) is 27.9. The zero-order valence-corrected chi connectivity index (χ0v) is 40.9. The molecule has 7 rings (SSSR count). The number of hydrogen-bond acceptors (Lipinski definition) is 13. The molecule has 0 saturated carbocycles. The second-order valence-electron chi connectivity index (χ2n) is 16.1. The molecule has 68 heavy (non-hydrogen) atoms. The number of aryl methyl sites for hydroxylation is 4. The number of para-hydroxylation sites is 6. The standard InChI is InChI=1S/C52H62N3O10P3/c56-39-19-15-27-43-23-7-11-35-49(43)62-67(63-50-36-12-8-24-44(50)28-16-20-40-57)53-66(60-47-31-3-1-4-32-47,61-48-33-5-2-6-34-48)54-68(55-67,64-51-37-13-9-25-45(51)29-17-21-41-58)65-52-38-14-10-26-46(52)30-18-22-42-59/h1-14,23-26,31-38,56-59H,15-22,27-30,39-42H2. The quantitative estimate of drug-likeness (QED) is 0.0274. The molecule has 16 heteroatoms. The van der Waals surface area contributed by atoms with Crippen molar-refractivity contribution in [1.29, 1.82) is 0 Å². The van der Waals surface area contributed by atoms with Crippen molar-refractivity contribution in [3.05, 3.63) is 180 Å². The molecule has 1 heterocycles. The Bertz CT molecular complexity index is 2390. The third-order valence-electron chi connectivity index (χ3n) is 10.8. The summed E-state index contributed by atoms with van der Waals surface area (Å²) in [6.45, 7) is 0.197. The van der Waals surface area contributed by atoms with Crippen LogP contribution >= 0.6 is 23.0 Å². The topological polar surface area (TPSA) is 173 Å². The zero-order chi connectivity index (χ0) is 47.3. The molecule has 4 N–H and O–H groups in total. The Morgan fingerprint density at radius 2 is 0.515 bits per heavy atom. The van der Waals surface area contributed by atoms with Crippen molar-refractivity contribution in [3.8, 4) is 34.5 Å². The predicted octanol–water partition coefficient (Wildman–Crippen LogP) is 13.6. The second-order valence-corrected chi connectivity index (χ2v) is 22.3. The summed E-state index contributed by atoms with van der Waals surface area (Å²) in [5.41, 5.74) is 3.39. The molecule has 0 bridgehead atoms. The molecule has 0 radical (unpaired) electrons. The molecule has 0 fully saturated rings. The van der Waals surface area contributed by atoms with E-state index < -0.39 is 23.0 Å². The van der Waals surface area contributed by atoms with Gasteiger partial charge in [0, 0.05) is 26.4 Å². The highest BCUT2D eigenvalue weighted by Gasteiger charge is 2.49. The number of aliphatic hydroxyl groups excluding tert-OH is 4. The highest BCUT2D eigenvalue weighted by atomic mass is 31.3. The van der Waals surface area contributed by atoms with Crippen LogP contribution in [0.4, 0.5) is 0 Å². The predicted molar refractivity (Wildman–Crippen MR) is 271 cm³/mol. The number of nitrogens with zero attached hydrogens (tertiary/aromatic N) is 3. The van der Waals surface area contributed by atoms with Crippen molar-refractivity contribution < 1.29 is 47.6 Å². The Balaban J connectivity index is 1.59. The van der Waals surface area contributed by atoms with Crippen LogP contribution in [0.25, 0.3) is 0 Å². The average molecular weight is 982 g/mol. The first kappa shape index (κ1) is 50.5. The molecule has 6 aromatic rings. The lowest BCUT2D eigenvalue weighted by molar-refractivity contribution is 0.284. The van der Waals surface area contributed by atoms with E-state index in [1.54, 1.807) is 24.3 Å². The molecule has 360 valence electrons. The van der Waals surface area contributed by atoms with Crippen LogP contribution in [0.15, 0.2) is 171 Å². The SMILES string of the molecule is OCCCCc1ccccc1OP1(Oc2ccccc2CCCCO)=NP(Oc2ccccc2)(Oc2ccccc2)=NP(Oc2ccccc2CCCCO)(Oc2ccccc2CCCCO)=N1. The fraction of sp³-hybridized carbons (Fsp3) is 0.308. The lowest BCUT2D eigenvalue weighted by atomic mass is 10.1. The van der Waals surface area contributed by atoms with Gasteiger partial charge in [0.1, 0.15) is 34.5 Å². The largest absolute Gasteiger partial charge is 0.460 e. The Hall–Kier alpha value is -5.35. The fourth-order valence-electron chi connectivity index (χ4n) is 7.41. The van der Waals surface area contributed by atoms with Gasteiger partial charge in [-0.25, -0.2) is 0 Å². The van der Waals surface area contributed by atoms with Crippen molar-refractivity contribution in [2.75, 3.05) is 26.4 Å². The number of aliphatic hydroxyl groups is 4. The molecule has 0 unspecified atom stereocenters. The van der Waals surface area contributed by atoms with Crippen LogP contribution in [0.3, 0.4) is 0 Å². The van der Waals surface area contributed by atoms with E-state index in [9.17, 15) is 20.4 Å². The summed E-state index contributed by atoms with van der Waals surface area (Å²) in [5.74, 6) is 2.63. The minimum absolute atomic E-state index is 0.0492. The number of rotatable bonds is 28. The Morgan fingerprint density at radius 3 is 0.779 bits per heavy atom. The van der Waals surface area contributed by atoms with Crippen LogP contribution in [0.1, 0.15) is 73.6 Å². The molecule has 6 aromatic carbocycles. The molecule has 0 amide bonds. The second kappa shape index (κ2) is 25.9. The third-order valence-corrected chi connectivity index (χ3v) is 18.9.